The Morgan fingerprint density at radius 3 is 2.35 bits per heavy atom. The van der Waals surface area contributed by atoms with Crippen molar-refractivity contribution in [1.82, 2.24) is 4.57 Å². The average molecular weight is 287 g/mol. The van der Waals surface area contributed by atoms with Crippen molar-refractivity contribution in [2.24, 2.45) is 5.73 Å². The summed E-state index contributed by atoms with van der Waals surface area (Å²) in [6.07, 6.45) is 1.83. The van der Waals surface area contributed by atoms with Gasteiger partial charge in [-0.25, -0.2) is 0 Å². The molecule has 20 heavy (non-hydrogen) atoms. The minimum Gasteiger partial charge on any atom is -0.326 e. The van der Waals surface area contributed by atoms with E-state index in [1.54, 1.807) is 4.57 Å². The molecule has 0 aliphatic carbocycles. The molecule has 0 aliphatic rings. The van der Waals surface area contributed by atoms with Crippen molar-refractivity contribution in [2.75, 3.05) is 0 Å². The van der Waals surface area contributed by atoms with Crippen molar-refractivity contribution in [2.45, 2.75) is 6.54 Å². The van der Waals surface area contributed by atoms with Gasteiger partial charge in [0.05, 0.1) is 5.52 Å². The number of rotatable bonds is 2. The Balaban J connectivity index is 0.00000147. The first kappa shape index (κ1) is 14.3. The van der Waals surface area contributed by atoms with Gasteiger partial charge < -0.3 is 5.73 Å². The summed E-state index contributed by atoms with van der Waals surface area (Å²) in [5.41, 5.74) is 8.30. The molecule has 102 valence electrons. The van der Waals surface area contributed by atoms with Crippen molar-refractivity contribution in [3.05, 3.63) is 71.9 Å². The molecule has 2 aromatic carbocycles. The first-order valence-corrected chi connectivity index (χ1v) is 6.20. The normalized spacial score (nSPS) is 10.2. The van der Waals surface area contributed by atoms with Gasteiger partial charge in [-0.05, 0) is 23.8 Å². The highest BCUT2D eigenvalue weighted by Crippen LogP contribution is 2.21. The Morgan fingerprint density at radius 1 is 1.00 bits per heavy atom. The Labute approximate surface area is 123 Å². The summed E-state index contributed by atoms with van der Waals surface area (Å²) < 4.78 is 1.67. The smallest absolute Gasteiger partial charge is 0.262 e. The highest BCUT2D eigenvalue weighted by Gasteiger charge is 2.13. The van der Waals surface area contributed by atoms with Crippen LogP contribution in [0.15, 0.2) is 60.8 Å². The lowest BCUT2D eigenvalue weighted by atomic mass is 10.2. The third kappa shape index (κ3) is 2.33. The quantitative estimate of drug-likeness (QED) is 0.786. The predicted octanol–water partition coefficient (Wildman–Crippen LogP) is 3.21. The Kier molecular flexibility index (Phi) is 4.23. The topological polar surface area (TPSA) is 48.0 Å². The molecule has 0 atom stereocenters. The second kappa shape index (κ2) is 5.90. The van der Waals surface area contributed by atoms with Crippen LogP contribution >= 0.6 is 12.4 Å². The fraction of sp³-hybridized carbons (Fsp3) is 0.0625. The van der Waals surface area contributed by atoms with Gasteiger partial charge in [0.1, 0.15) is 0 Å². The molecular formula is C16H15ClN2O. The number of carbonyl (C=O) groups is 1. The van der Waals surface area contributed by atoms with Crippen molar-refractivity contribution < 1.29 is 4.79 Å². The maximum atomic E-state index is 12.5. The maximum absolute atomic E-state index is 12.5. The maximum Gasteiger partial charge on any atom is 0.262 e. The second-order valence-electron chi connectivity index (χ2n) is 4.42. The summed E-state index contributed by atoms with van der Waals surface area (Å²) in [6, 6.07) is 17.1. The number of nitrogens with zero attached hydrogens (tertiary/aromatic N) is 1. The molecule has 0 bridgehead atoms. The monoisotopic (exact) mass is 286 g/mol. The van der Waals surface area contributed by atoms with Crippen LogP contribution in [0, 0.1) is 0 Å². The van der Waals surface area contributed by atoms with Crippen molar-refractivity contribution in [3.8, 4) is 0 Å². The van der Waals surface area contributed by atoms with Crippen LogP contribution in [0.5, 0.6) is 0 Å². The lowest BCUT2D eigenvalue weighted by molar-refractivity contribution is 0.0965. The van der Waals surface area contributed by atoms with E-state index in [1.165, 1.54) is 0 Å². The fourth-order valence-corrected chi connectivity index (χ4v) is 2.30. The predicted molar refractivity (Wildman–Crippen MR) is 83.2 cm³/mol. The summed E-state index contributed by atoms with van der Waals surface area (Å²) >= 11 is 0. The summed E-state index contributed by atoms with van der Waals surface area (Å²) in [7, 11) is 0. The summed E-state index contributed by atoms with van der Waals surface area (Å²) in [5.74, 6) is -0.0310. The Hall–Kier alpha value is -2.10. The van der Waals surface area contributed by atoms with Gasteiger partial charge in [0, 0.05) is 23.7 Å². The molecule has 3 rings (SSSR count). The lowest BCUT2D eigenvalue weighted by Gasteiger charge is -2.03. The van der Waals surface area contributed by atoms with Crippen LogP contribution in [0.1, 0.15) is 15.9 Å². The second-order valence-corrected chi connectivity index (χ2v) is 4.42. The highest BCUT2D eigenvalue weighted by atomic mass is 35.5. The Bertz CT molecular complexity index is 735. The van der Waals surface area contributed by atoms with Crippen LogP contribution < -0.4 is 5.73 Å². The van der Waals surface area contributed by atoms with Crippen LogP contribution in [0.25, 0.3) is 10.9 Å². The van der Waals surface area contributed by atoms with E-state index in [1.807, 2.05) is 60.8 Å². The van der Waals surface area contributed by atoms with Crippen LogP contribution in [0.2, 0.25) is 0 Å². The largest absolute Gasteiger partial charge is 0.326 e. The number of nitrogens with two attached hydrogens (primary N) is 1. The zero-order chi connectivity index (χ0) is 13.2. The van der Waals surface area contributed by atoms with E-state index in [0.29, 0.717) is 12.1 Å². The number of hydrogen-bond donors (Lipinski definition) is 1. The number of carbonyl (C=O) groups excluding carboxylic acids is 1. The molecule has 0 amide bonds. The third-order valence-electron chi connectivity index (χ3n) is 3.25. The van der Waals surface area contributed by atoms with Gasteiger partial charge in [0.2, 0.25) is 0 Å². The van der Waals surface area contributed by atoms with Crippen LogP contribution in [-0.4, -0.2) is 10.5 Å². The minimum absolute atomic E-state index is 0. The number of para-hydroxylation sites is 1. The minimum atomic E-state index is -0.0310. The molecule has 0 aliphatic heterocycles. The van der Waals surface area contributed by atoms with E-state index in [-0.39, 0.29) is 18.3 Å². The molecule has 0 unspecified atom stereocenters. The van der Waals surface area contributed by atoms with Gasteiger partial charge in [-0.15, -0.1) is 12.4 Å². The molecule has 4 heteroatoms. The zero-order valence-electron chi connectivity index (χ0n) is 10.8. The van der Waals surface area contributed by atoms with E-state index in [4.69, 9.17) is 5.73 Å². The Morgan fingerprint density at radius 2 is 1.65 bits per heavy atom. The van der Waals surface area contributed by atoms with Gasteiger partial charge in [0.25, 0.3) is 5.91 Å². The van der Waals surface area contributed by atoms with Crippen LogP contribution in [-0.2, 0) is 6.54 Å². The van der Waals surface area contributed by atoms with E-state index in [9.17, 15) is 4.79 Å². The molecule has 0 saturated carbocycles. The highest BCUT2D eigenvalue weighted by molar-refractivity contribution is 6.02. The number of fused-ring (bicyclic) bond motifs is 1. The van der Waals surface area contributed by atoms with Crippen molar-refractivity contribution in [3.63, 3.8) is 0 Å². The molecule has 0 spiro atoms. The van der Waals surface area contributed by atoms with E-state index >= 15 is 0 Å². The summed E-state index contributed by atoms with van der Waals surface area (Å²) in [4.78, 5) is 12.5. The van der Waals surface area contributed by atoms with Gasteiger partial charge in [-0.3, -0.25) is 9.36 Å². The average Bonchev–Trinajstić information content (AvgIpc) is 2.86. The SMILES string of the molecule is Cl.NCc1cn(C(=O)c2ccccc2)c2ccccc12. The van der Waals surface area contributed by atoms with Gasteiger partial charge in [-0.2, -0.15) is 0 Å². The van der Waals surface area contributed by atoms with Crippen LogP contribution in [0.4, 0.5) is 0 Å². The number of benzene rings is 2. The van der Waals surface area contributed by atoms with Gasteiger partial charge in [-0.1, -0.05) is 36.4 Å². The molecule has 0 saturated heterocycles. The molecule has 2 N–H and O–H groups in total. The van der Waals surface area contributed by atoms with Gasteiger partial charge in [0.15, 0.2) is 0 Å². The van der Waals surface area contributed by atoms with Crippen LogP contribution in [0.3, 0.4) is 0 Å². The zero-order valence-corrected chi connectivity index (χ0v) is 11.6. The summed E-state index contributed by atoms with van der Waals surface area (Å²) in [5, 5.41) is 1.04. The molecule has 0 radical (unpaired) electrons. The number of hydrogen-bond acceptors (Lipinski definition) is 2. The van der Waals surface area contributed by atoms with E-state index < -0.39 is 0 Å². The van der Waals surface area contributed by atoms with Crippen molar-refractivity contribution >= 4 is 29.2 Å². The molecule has 3 aromatic rings. The summed E-state index contributed by atoms with van der Waals surface area (Å²) in [6.45, 7) is 0.426. The fourth-order valence-electron chi connectivity index (χ4n) is 2.30. The molecular weight excluding hydrogens is 272 g/mol. The van der Waals surface area contributed by atoms with E-state index in [0.717, 1.165) is 16.5 Å². The lowest BCUT2D eigenvalue weighted by Crippen LogP contribution is -2.10. The standard InChI is InChI=1S/C16H14N2O.ClH/c17-10-13-11-18(15-9-5-4-8-14(13)15)16(19)12-6-2-1-3-7-12;/h1-9,11H,10,17H2;1H. The number of halogens is 1. The van der Waals surface area contributed by atoms with E-state index in [2.05, 4.69) is 0 Å². The number of aromatic nitrogens is 1. The first-order chi connectivity index (χ1) is 9.31. The van der Waals surface area contributed by atoms with Crippen molar-refractivity contribution in [1.29, 1.82) is 0 Å². The molecule has 1 heterocycles. The molecule has 3 nitrogen and oxygen atoms in total. The molecule has 1 aromatic heterocycles. The van der Waals surface area contributed by atoms with Gasteiger partial charge >= 0.3 is 0 Å². The first-order valence-electron chi connectivity index (χ1n) is 6.20. The third-order valence-corrected chi connectivity index (χ3v) is 3.25. The molecule has 0 fully saturated rings.